The second-order valence-corrected chi connectivity index (χ2v) is 10.2. The van der Waals surface area contributed by atoms with Gasteiger partial charge >= 0.3 is 5.97 Å². The Bertz CT molecular complexity index is 1040. The molecule has 1 fully saturated rings. The Hall–Kier alpha value is -3.39. The molecule has 2 aromatic carbocycles. The summed E-state index contributed by atoms with van der Waals surface area (Å²) in [5.74, 6) is 0.622. The summed E-state index contributed by atoms with van der Waals surface area (Å²) in [6, 6.07) is 15.9. The Balaban J connectivity index is 1.31. The predicted octanol–water partition coefficient (Wildman–Crippen LogP) is 3.80. The van der Waals surface area contributed by atoms with Crippen LogP contribution in [-0.2, 0) is 32.3 Å². The highest BCUT2D eigenvalue weighted by molar-refractivity contribution is 5.75. The smallest absolute Gasteiger partial charge is 0.306 e. The van der Waals surface area contributed by atoms with Gasteiger partial charge in [0.1, 0.15) is 12.4 Å². The van der Waals surface area contributed by atoms with Crippen molar-refractivity contribution in [2.45, 2.75) is 77.6 Å². The third kappa shape index (κ3) is 10.5. The maximum Gasteiger partial charge on any atom is 0.306 e. The second kappa shape index (κ2) is 15.1. The van der Waals surface area contributed by atoms with Crippen molar-refractivity contribution in [3.63, 3.8) is 0 Å². The van der Waals surface area contributed by atoms with Gasteiger partial charge in [-0.3, -0.25) is 14.4 Å². The Morgan fingerprint density at radius 3 is 2.29 bits per heavy atom. The average molecular weight is 524 g/mol. The quantitative estimate of drug-likeness (QED) is 0.273. The molecule has 3 atom stereocenters. The average Bonchev–Trinajstić information content (AvgIpc) is 2.89. The van der Waals surface area contributed by atoms with Crippen LogP contribution in [-0.4, -0.2) is 43.5 Å². The van der Waals surface area contributed by atoms with Gasteiger partial charge in [-0.25, -0.2) is 0 Å². The number of hydrogen-bond donors (Lipinski definition) is 3. The van der Waals surface area contributed by atoms with Gasteiger partial charge in [-0.05, 0) is 68.8 Å². The van der Waals surface area contributed by atoms with Crippen molar-refractivity contribution in [1.82, 2.24) is 16.0 Å². The molecule has 3 N–H and O–H groups in total. The first-order valence-electron chi connectivity index (χ1n) is 13.4. The standard InChI is InChI=1S/C30H41N3O5/c1-21-6-8-23(9-7-21)19-32-29(35)5-4-14-37-28-12-10-24(11-13-28)20-38-30(36)17-25-15-26(31-3)18-27(16-25)33-22(2)34/h6-13,25-27,31H,4-5,14-20H2,1-3H3,(H,32,35)(H,33,34). The minimum absolute atomic E-state index is 0.00618. The maximum absolute atomic E-state index is 12.5. The number of carbonyl (C=O) groups is 3. The third-order valence-electron chi connectivity index (χ3n) is 6.83. The van der Waals surface area contributed by atoms with E-state index in [0.717, 1.165) is 30.4 Å². The molecule has 8 nitrogen and oxygen atoms in total. The van der Waals surface area contributed by atoms with Crippen LogP contribution in [0.15, 0.2) is 48.5 Å². The molecular formula is C30H41N3O5. The summed E-state index contributed by atoms with van der Waals surface area (Å²) < 4.78 is 11.3. The van der Waals surface area contributed by atoms with Crippen LogP contribution in [0.4, 0.5) is 0 Å². The van der Waals surface area contributed by atoms with E-state index in [-0.39, 0.29) is 42.4 Å². The lowest BCUT2D eigenvalue weighted by atomic mass is 9.80. The van der Waals surface area contributed by atoms with E-state index >= 15 is 0 Å². The van der Waals surface area contributed by atoms with E-state index in [9.17, 15) is 14.4 Å². The van der Waals surface area contributed by atoms with Gasteiger partial charge in [0.25, 0.3) is 0 Å². The summed E-state index contributed by atoms with van der Waals surface area (Å²) in [6.07, 6.45) is 3.92. The number of rotatable bonds is 13. The summed E-state index contributed by atoms with van der Waals surface area (Å²) in [6.45, 7) is 4.74. The first-order valence-corrected chi connectivity index (χ1v) is 13.4. The number of amides is 2. The van der Waals surface area contributed by atoms with E-state index in [0.29, 0.717) is 38.2 Å². The fourth-order valence-corrected chi connectivity index (χ4v) is 4.80. The summed E-state index contributed by atoms with van der Waals surface area (Å²) in [5.41, 5.74) is 3.16. The Morgan fingerprint density at radius 2 is 1.61 bits per heavy atom. The molecule has 0 heterocycles. The molecule has 3 unspecified atom stereocenters. The monoisotopic (exact) mass is 523 g/mol. The number of esters is 1. The topological polar surface area (TPSA) is 106 Å². The lowest BCUT2D eigenvalue weighted by molar-refractivity contribution is -0.146. The lowest BCUT2D eigenvalue weighted by Crippen LogP contribution is -2.45. The van der Waals surface area contributed by atoms with Gasteiger partial charge in [0.15, 0.2) is 0 Å². The van der Waals surface area contributed by atoms with Gasteiger partial charge in [-0.1, -0.05) is 42.0 Å². The predicted molar refractivity (Wildman–Crippen MR) is 146 cm³/mol. The molecule has 3 rings (SSSR count). The van der Waals surface area contributed by atoms with E-state index in [1.54, 1.807) is 0 Å². The number of aryl methyl sites for hydroxylation is 1. The zero-order chi connectivity index (χ0) is 27.3. The number of hydrogen-bond acceptors (Lipinski definition) is 6. The molecule has 0 aliphatic heterocycles. The summed E-state index contributed by atoms with van der Waals surface area (Å²) in [5, 5.41) is 9.19. The van der Waals surface area contributed by atoms with Crippen molar-refractivity contribution in [1.29, 1.82) is 0 Å². The number of benzene rings is 2. The minimum Gasteiger partial charge on any atom is -0.494 e. The highest BCUT2D eigenvalue weighted by Gasteiger charge is 2.30. The molecule has 8 heteroatoms. The van der Waals surface area contributed by atoms with Gasteiger partial charge in [-0.15, -0.1) is 0 Å². The zero-order valence-corrected chi connectivity index (χ0v) is 22.8. The van der Waals surface area contributed by atoms with Crippen molar-refractivity contribution in [3.8, 4) is 5.75 Å². The molecule has 1 aliphatic carbocycles. The Labute approximate surface area is 225 Å². The molecule has 0 spiro atoms. The Kier molecular flexibility index (Phi) is 11.6. The van der Waals surface area contributed by atoms with Crippen molar-refractivity contribution < 1.29 is 23.9 Å². The fraction of sp³-hybridized carbons (Fsp3) is 0.500. The van der Waals surface area contributed by atoms with Crippen LogP contribution in [0.1, 0.15) is 62.1 Å². The summed E-state index contributed by atoms with van der Waals surface area (Å²) in [7, 11) is 1.91. The van der Waals surface area contributed by atoms with Gasteiger partial charge in [0, 0.05) is 38.4 Å². The van der Waals surface area contributed by atoms with Crippen molar-refractivity contribution in [2.24, 2.45) is 5.92 Å². The molecule has 1 saturated carbocycles. The van der Waals surface area contributed by atoms with Crippen LogP contribution in [0.3, 0.4) is 0 Å². The van der Waals surface area contributed by atoms with Crippen LogP contribution in [0, 0.1) is 12.8 Å². The normalized spacial score (nSPS) is 18.9. The fourth-order valence-electron chi connectivity index (χ4n) is 4.80. The minimum atomic E-state index is -0.227. The highest BCUT2D eigenvalue weighted by Crippen LogP contribution is 2.28. The van der Waals surface area contributed by atoms with E-state index < -0.39 is 0 Å². The van der Waals surface area contributed by atoms with Crippen molar-refractivity contribution in [2.75, 3.05) is 13.7 Å². The second-order valence-electron chi connectivity index (χ2n) is 10.2. The van der Waals surface area contributed by atoms with E-state index in [4.69, 9.17) is 9.47 Å². The summed E-state index contributed by atoms with van der Waals surface area (Å²) in [4.78, 5) is 36.0. The van der Waals surface area contributed by atoms with Crippen LogP contribution in [0.2, 0.25) is 0 Å². The van der Waals surface area contributed by atoms with E-state index in [2.05, 4.69) is 16.0 Å². The molecule has 38 heavy (non-hydrogen) atoms. The van der Waals surface area contributed by atoms with Crippen LogP contribution < -0.4 is 20.7 Å². The number of carbonyl (C=O) groups excluding carboxylic acids is 3. The highest BCUT2D eigenvalue weighted by atomic mass is 16.5. The Morgan fingerprint density at radius 1 is 0.921 bits per heavy atom. The molecule has 206 valence electrons. The molecule has 2 amide bonds. The number of nitrogens with one attached hydrogen (secondary N) is 3. The van der Waals surface area contributed by atoms with Crippen molar-refractivity contribution >= 4 is 17.8 Å². The largest absolute Gasteiger partial charge is 0.494 e. The molecule has 0 saturated heterocycles. The maximum atomic E-state index is 12.5. The molecular weight excluding hydrogens is 482 g/mol. The SMILES string of the molecule is CNC1CC(CC(=O)OCc2ccc(OCCCC(=O)NCc3ccc(C)cc3)cc2)CC(NC(C)=O)C1. The van der Waals surface area contributed by atoms with Gasteiger partial charge in [0.2, 0.25) is 11.8 Å². The van der Waals surface area contributed by atoms with Gasteiger partial charge in [-0.2, -0.15) is 0 Å². The molecule has 0 aromatic heterocycles. The number of ether oxygens (including phenoxy) is 2. The molecule has 2 aromatic rings. The van der Waals surface area contributed by atoms with Gasteiger partial charge < -0.3 is 25.4 Å². The van der Waals surface area contributed by atoms with Crippen LogP contribution in [0.5, 0.6) is 5.75 Å². The van der Waals surface area contributed by atoms with E-state index in [1.165, 1.54) is 12.5 Å². The van der Waals surface area contributed by atoms with E-state index in [1.807, 2.05) is 62.5 Å². The first-order chi connectivity index (χ1) is 18.3. The first kappa shape index (κ1) is 29.2. The molecule has 0 radical (unpaired) electrons. The zero-order valence-electron chi connectivity index (χ0n) is 22.8. The lowest BCUT2D eigenvalue weighted by Gasteiger charge is -2.34. The molecule has 1 aliphatic rings. The summed E-state index contributed by atoms with van der Waals surface area (Å²) >= 11 is 0. The van der Waals surface area contributed by atoms with Gasteiger partial charge in [0.05, 0.1) is 6.61 Å². The molecule has 0 bridgehead atoms. The van der Waals surface area contributed by atoms with Crippen molar-refractivity contribution in [3.05, 3.63) is 65.2 Å². The van der Waals surface area contributed by atoms with Crippen LogP contribution >= 0.6 is 0 Å². The van der Waals surface area contributed by atoms with Crippen LogP contribution in [0.25, 0.3) is 0 Å². The third-order valence-corrected chi connectivity index (χ3v) is 6.83.